The van der Waals surface area contributed by atoms with Gasteiger partial charge in [-0.3, -0.25) is 57.6 Å². The molecule has 8 rings (SSSR count). The number of phosphoric ester groups is 1. The number of aliphatic hydroxyl groups excluding tert-OH is 2. The van der Waals surface area contributed by atoms with Crippen LogP contribution in [0.3, 0.4) is 0 Å². The number of imidazole rings is 1. The van der Waals surface area contributed by atoms with Gasteiger partial charge in [0.25, 0.3) is 0 Å². The van der Waals surface area contributed by atoms with Gasteiger partial charge >= 0.3 is 24.6 Å². The van der Waals surface area contributed by atoms with Gasteiger partial charge in [0.1, 0.15) is 18.3 Å². The minimum absolute atomic E-state index is 0. The number of primary amides is 6. The van der Waals surface area contributed by atoms with E-state index in [-0.39, 0.29) is 106 Å². The topological polar surface area (TPSA) is 486 Å². The van der Waals surface area contributed by atoms with Gasteiger partial charge in [-0.2, -0.15) is 5.70 Å². The van der Waals surface area contributed by atoms with Crippen molar-refractivity contribution in [3.8, 4) is 0 Å². The molecule has 0 unspecified atom stereocenters. The average molecular weight is 1390 g/mol. The summed E-state index contributed by atoms with van der Waals surface area (Å²) in [6.45, 7) is 23.9. The van der Waals surface area contributed by atoms with E-state index in [2.05, 4.69) is 10.3 Å². The predicted octanol–water partition coefficient (Wildman–Crippen LogP) is 4.46. The van der Waals surface area contributed by atoms with Crippen molar-refractivity contribution in [3.05, 3.63) is 75.8 Å². The van der Waals surface area contributed by atoms with Crippen LogP contribution in [0.15, 0.2) is 67.8 Å². The van der Waals surface area contributed by atoms with Crippen LogP contribution in [0.1, 0.15) is 150 Å². The van der Waals surface area contributed by atoms with Crippen LogP contribution in [0.4, 0.5) is 0 Å². The number of nitrogens with one attached hydrogen (secondary N) is 1. The number of aromatic nitrogens is 2. The summed E-state index contributed by atoms with van der Waals surface area (Å²) in [5.41, 5.74) is 36.8. The largest absolute Gasteiger partial charge is 3.00 e. The first-order valence-corrected chi connectivity index (χ1v) is 32.2. The Hall–Kier alpha value is -6.71. The standard InChI is InChI=1S/C62H90N13O14P.CN.ClH.Co/c1-29-20-39-40(21-30(29)2)75(28-70-39)57-52(84)53(41(27-76)87-57)89-90(85,86)88-31(3)26-69-49(83)18-19-59(8)37(22-46(66)80)56-62(11)61(10,25-48(68)82)36(14-17-45(65)79)51(74-62)33(5)55-60(9,24-47(67)81)34(12-15-43(63)77)38(71-55)23-42-58(6,7)35(13-16-44(64)78)50(72-42)32(4)54(59)73-56;1-2;;/h20-21,23,28,31,34-37,41,52-53,56-57,76,84H,12-19,22,24-27H2,1-11H3,(H15,63,64,65,66,67,68,69,71,72,73,74,77,78,79,80,81,82,83,85,86);;1H;/q;-1;;+3/p-1/t31-,34-,35-,36-,37+,41+,52-,53+,56-,57+,59-,60+,61+,62+;;;/m1.../s1. The molecule has 7 heterocycles. The fourth-order valence-electron chi connectivity index (χ4n) is 15.3. The fourth-order valence-corrected chi connectivity index (χ4v) is 16.5. The number of carbonyl (C=O) groups is 7. The van der Waals surface area contributed by atoms with Gasteiger partial charge in [-0.15, -0.1) is 12.4 Å². The van der Waals surface area contributed by atoms with Crippen LogP contribution in [0.2, 0.25) is 0 Å². The first kappa shape index (κ1) is 78.0. The maximum atomic E-state index is 14.4. The molecule has 7 amide bonds. The smallest absolute Gasteiger partial charge is 0.682 e. The van der Waals surface area contributed by atoms with Gasteiger partial charge in [-0.05, 0) is 119 Å². The van der Waals surface area contributed by atoms with E-state index in [1.165, 1.54) is 13.3 Å². The van der Waals surface area contributed by atoms with Gasteiger partial charge < -0.3 is 81.3 Å². The Morgan fingerprint density at radius 2 is 1.37 bits per heavy atom. The number of rotatable bonds is 26. The third-order valence-electron chi connectivity index (χ3n) is 20.5. The van der Waals surface area contributed by atoms with Gasteiger partial charge in [0, 0.05) is 108 Å². The van der Waals surface area contributed by atoms with Crippen molar-refractivity contribution in [2.24, 2.45) is 94.7 Å². The molecule has 2 saturated heterocycles. The van der Waals surface area contributed by atoms with Gasteiger partial charge in [-0.1, -0.05) is 40.7 Å². The van der Waals surface area contributed by atoms with Crippen LogP contribution in [0.25, 0.3) is 16.4 Å². The van der Waals surface area contributed by atoms with E-state index in [4.69, 9.17) is 80.3 Å². The van der Waals surface area contributed by atoms with E-state index in [9.17, 15) is 53.2 Å². The number of halogens is 1. The fraction of sp³-hybridized carbons (Fsp3) is 0.619. The van der Waals surface area contributed by atoms with Gasteiger partial charge in [0.2, 0.25) is 41.4 Å². The number of benzene rings is 1. The van der Waals surface area contributed by atoms with Crippen LogP contribution >= 0.6 is 20.2 Å². The molecule has 1 aromatic carbocycles. The van der Waals surface area contributed by atoms with E-state index in [0.717, 1.165) is 11.1 Å². The third kappa shape index (κ3) is 15.1. The zero-order valence-corrected chi connectivity index (χ0v) is 57.6. The van der Waals surface area contributed by atoms with Crippen LogP contribution in [0.5, 0.6) is 0 Å². The molecule has 6 aliphatic rings. The van der Waals surface area contributed by atoms with Crippen molar-refractivity contribution in [2.45, 2.75) is 189 Å². The Kier molecular flexibility index (Phi) is 24.7. The summed E-state index contributed by atoms with van der Waals surface area (Å²) in [5.74, 6) is -7.34. The number of aliphatic imine (C=N–C) groups is 3. The Morgan fingerprint density at radius 3 is 1.94 bits per heavy atom. The molecular weight excluding hydrogens is 1300 g/mol. The second-order valence-corrected chi connectivity index (χ2v) is 28.4. The van der Waals surface area contributed by atoms with Crippen LogP contribution in [-0.2, 0) is 68.7 Å². The van der Waals surface area contributed by atoms with Crippen molar-refractivity contribution >= 4 is 89.7 Å². The second-order valence-electron chi connectivity index (χ2n) is 27.0. The number of fused-ring (bicyclic) bond motifs is 7. The molecule has 516 valence electrons. The molecule has 16 N–H and O–H groups in total. The third-order valence-corrected chi connectivity index (χ3v) is 21.6. The quantitative estimate of drug-likeness (QED) is 0.0459. The summed E-state index contributed by atoms with van der Waals surface area (Å²) in [5, 5.41) is 36.5. The number of ether oxygens (including phenoxy) is 1. The molecule has 0 spiro atoms. The predicted molar refractivity (Wildman–Crippen MR) is 346 cm³/mol. The Labute approximate surface area is 563 Å². The molecule has 15 atom stereocenters. The number of amides is 7. The number of hydrogen-bond donors (Lipinski definition) is 10. The van der Waals surface area contributed by atoms with Crippen LogP contribution < -0.4 is 39.7 Å². The van der Waals surface area contributed by atoms with E-state index >= 15 is 0 Å². The molecule has 0 saturated carbocycles. The molecule has 6 aliphatic heterocycles. The van der Waals surface area contributed by atoms with Crippen molar-refractivity contribution < 1.29 is 83.8 Å². The Bertz CT molecular complexity index is 3610. The summed E-state index contributed by atoms with van der Waals surface area (Å²) in [6.07, 6.45) is -4.47. The summed E-state index contributed by atoms with van der Waals surface area (Å²) >= 11 is 0. The van der Waals surface area contributed by atoms with Gasteiger partial charge in [0.05, 0.1) is 41.3 Å². The van der Waals surface area contributed by atoms with Gasteiger partial charge in [0.15, 0.2) is 6.23 Å². The number of nitrogens with two attached hydrogens (primary N) is 6. The van der Waals surface area contributed by atoms with E-state index in [1.807, 2.05) is 80.5 Å². The number of hydrogen-bond acceptors (Lipinski definition) is 18. The minimum atomic E-state index is -5.07. The molecule has 31 heteroatoms. The SMILES string of the molecule is C/C1=C2/[N-][C@H]([C@H](CC(N)=O)[C@@]2(C)CCC(=O)NC[C@@H](C)O[P@@](=O)(O)O[C@@H]2[C@@H](O)[C@@H](n3cnc4cc(C)c(C)cc43)O[C@H]2CO)[C@]2(C)N=C(/C(C)=C3N=C(/C=C4N=C1[C@@H](CCC(N)=O)C\4(C)C)[C@@H](CCC(N)=O)[C@]\3(C)CC(N)=O)[C@@H](CCC(N)=O)[C@]2(C)CC(N)=O.Cl.[C-]#N.[Co+3]. The van der Waals surface area contributed by atoms with Crippen LogP contribution in [-0.4, -0.2) is 132 Å². The van der Waals surface area contributed by atoms with E-state index in [0.29, 0.717) is 56.4 Å². The first-order valence-electron chi connectivity index (χ1n) is 30.7. The molecular formula is C63H90ClCoN14O14P+. The summed E-state index contributed by atoms with van der Waals surface area (Å²) in [4.78, 5) is 125. The Morgan fingerprint density at radius 1 is 0.798 bits per heavy atom. The molecule has 8 bridgehead atoms. The Balaban J connectivity index is 0.00000396. The summed E-state index contributed by atoms with van der Waals surface area (Å²) in [6, 6.07) is 2.68. The molecule has 2 fully saturated rings. The zero-order chi connectivity index (χ0) is 68.7. The molecule has 0 aliphatic carbocycles. The number of aliphatic hydroxyl groups is 2. The first-order chi connectivity index (χ1) is 42.8. The second kappa shape index (κ2) is 29.7. The summed E-state index contributed by atoms with van der Waals surface area (Å²) in [7, 11) is -5.07. The number of phosphoric acid groups is 1. The zero-order valence-electron chi connectivity index (χ0n) is 54.9. The van der Waals surface area contributed by atoms with Crippen molar-refractivity contribution in [3.63, 3.8) is 0 Å². The van der Waals surface area contributed by atoms with E-state index < -0.39 is 143 Å². The minimum Gasteiger partial charge on any atom is -0.682 e. The monoisotopic (exact) mass is 1390 g/mol. The number of aryl methyl sites for hydroxylation is 2. The van der Waals surface area contributed by atoms with Crippen LogP contribution in [0, 0.1) is 71.0 Å². The van der Waals surface area contributed by atoms with Gasteiger partial charge in [-0.25, -0.2) is 9.55 Å². The number of carbonyl (C=O) groups excluding carboxylic acids is 7. The number of nitrogens with zero attached hydrogens (tertiary/aromatic N) is 7. The van der Waals surface area contributed by atoms with Crippen molar-refractivity contribution in [2.75, 3.05) is 13.2 Å². The molecule has 1 aromatic heterocycles. The van der Waals surface area contributed by atoms with Crippen molar-refractivity contribution in [1.82, 2.24) is 14.9 Å². The molecule has 94 heavy (non-hydrogen) atoms. The summed E-state index contributed by atoms with van der Waals surface area (Å²) < 4.78 is 32.3. The normalized spacial score (nSPS) is 32.8. The maximum absolute atomic E-state index is 14.4. The molecule has 28 nitrogen and oxygen atoms in total. The number of allylic oxidation sites excluding steroid dienone is 6. The van der Waals surface area contributed by atoms with E-state index in [1.54, 1.807) is 11.5 Å². The molecule has 0 radical (unpaired) electrons. The van der Waals surface area contributed by atoms with Crippen molar-refractivity contribution in [1.29, 1.82) is 5.26 Å². The maximum Gasteiger partial charge on any atom is 3.00 e. The average Bonchev–Trinajstić information content (AvgIpc) is 1.53. The molecule has 2 aromatic rings.